The smallest absolute Gasteiger partial charge is 0.339 e. The van der Waals surface area contributed by atoms with E-state index in [0.717, 1.165) is 5.56 Å². The largest absolute Gasteiger partial charge is 0.488 e. The summed E-state index contributed by atoms with van der Waals surface area (Å²) < 4.78 is 5.58. The van der Waals surface area contributed by atoms with E-state index in [1.165, 1.54) is 0 Å². The van der Waals surface area contributed by atoms with Crippen LogP contribution in [0.4, 0.5) is 0 Å². The Morgan fingerprint density at radius 3 is 2.68 bits per heavy atom. The zero-order chi connectivity index (χ0) is 13.8. The molecule has 0 aromatic heterocycles. The number of rotatable bonds is 4. The van der Waals surface area contributed by atoms with Gasteiger partial charge in [-0.1, -0.05) is 35.9 Å². The van der Waals surface area contributed by atoms with Gasteiger partial charge in [-0.25, -0.2) is 4.79 Å². The zero-order valence-corrected chi connectivity index (χ0v) is 11.1. The highest BCUT2D eigenvalue weighted by molar-refractivity contribution is 6.30. The Labute approximate surface area is 116 Å². The Balaban J connectivity index is 2.20. The van der Waals surface area contributed by atoms with Crippen molar-refractivity contribution >= 4 is 17.6 Å². The molecular weight excluding hydrogens is 264 g/mol. The van der Waals surface area contributed by atoms with Crippen molar-refractivity contribution in [3.8, 4) is 5.75 Å². The van der Waals surface area contributed by atoms with E-state index in [0.29, 0.717) is 16.3 Å². The summed E-state index contributed by atoms with van der Waals surface area (Å²) in [6, 6.07) is 12.4. The minimum absolute atomic E-state index is 0.199. The van der Waals surface area contributed by atoms with Gasteiger partial charge in [-0.3, -0.25) is 0 Å². The number of aromatic carboxylic acids is 1. The number of carboxylic acids is 1. The monoisotopic (exact) mass is 276 g/mol. The fourth-order valence-corrected chi connectivity index (χ4v) is 2.04. The van der Waals surface area contributed by atoms with Crippen LogP contribution in [0, 0.1) is 6.92 Å². The summed E-state index contributed by atoms with van der Waals surface area (Å²) in [5.41, 5.74) is 1.77. The van der Waals surface area contributed by atoms with Gasteiger partial charge in [0.1, 0.15) is 17.9 Å². The van der Waals surface area contributed by atoms with Crippen molar-refractivity contribution in [1.82, 2.24) is 0 Å². The summed E-state index contributed by atoms with van der Waals surface area (Å²) in [7, 11) is 0. The lowest BCUT2D eigenvalue weighted by atomic mass is 10.1. The summed E-state index contributed by atoms with van der Waals surface area (Å²) in [6.07, 6.45) is 0. The van der Waals surface area contributed by atoms with Crippen LogP contribution >= 0.6 is 11.6 Å². The highest BCUT2D eigenvalue weighted by atomic mass is 35.5. The molecule has 0 spiro atoms. The molecule has 98 valence electrons. The van der Waals surface area contributed by atoms with E-state index >= 15 is 0 Å². The third kappa shape index (κ3) is 3.26. The molecule has 2 aromatic carbocycles. The van der Waals surface area contributed by atoms with Crippen LogP contribution in [0.1, 0.15) is 21.5 Å². The average Bonchev–Trinajstić information content (AvgIpc) is 2.36. The van der Waals surface area contributed by atoms with E-state index in [4.69, 9.17) is 16.3 Å². The van der Waals surface area contributed by atoms with Crippen molar-refractivity contribution in [3.05, 3.63) is 64.2 Å². The van der Waals surface area contributed by atoms with E-state index in [2.05, 4.69) is 0 Å². The molecule has 2 aromatic rings. The van der Waals surface area contributed by atoms with Gasteiger partial charge in [-0.2, -0.15) is 0 Å². The predicted octanol–water partition coefficient (Wildman–Crippen LogP) is 3.93. The van der Waals surface area contributed by atoms with Crippen molar-refractivity contribution < 1.29 is 14.6 Å². The number of hydrogen-bond acceptors (Lipinski definition) is 2. The van der Waals surface area contributed by atoms with Gasteiger partial charge >= 0.3 is 5.97 Å². The minimum atomic E-state index is -0.987. The zero-order valence-electron chi connectivity index (χ0n) is 10.4. The molecule has 0 aliphatic heterocycles. The number of carbonyl (C=O) groups is 1. The van der Waals surface area contributed by atoms with Crippen LogP contribution < -0.4 is 4.74 Å². The van der Waals surface area contributed by atoms with Crippen LogP contribution in [0.25, 0.3) is 0 Å². The van der Waals surface area contributed by atoms with Crippen LogP contribution in [-0.4, -0.2) is 11.1 Å². The van der Waals surface area contributed by atoms with Crippen molar-refractivity contribution in [2.45, 2.75) is 13.5 Å². The van der Waals surface area contributed by atoms with E-state index in [9.17, 15) is 9.90 Å². The van der Waals surface area contributed by atoms with Gasteiger partial charge < -0.3 is 9.84 Å². The molecule has 0 bridgehead atoms. The standard InChI is InChI=1S/C15H13ClO3/c1-10-4-2-7-13(14(10)15(17)18)19-9-11-5-3-6-12(16)8-11/h2-8H,9H2,1H3,(H,17,18). The van der Waals surface area contributed by atoms with Crippen LogP contribution in [0.3, 0.4) is 0 Å². The summed E-state index contributed by atoms with van der Waals surface area (Å²) in [5.74, 6) is -0.619. The van der Waals surface area contributed by atoms with Gasteiger partial charge in [-0.15, -0.1) is 0 Å². The lowest BCUT2D eigenvalue weighted by molar-refractivity contribution is 0.0691. The molecule has 0 fully saturated rings. The fraction of sp³-hybridized carbons (Fsp3) is 0.133. The topological polar surface area (TPSA) is 46.5 Å². The quantitative estimate of drug-likeness (QED) is 0.920. The molecule has 1 N–H and O–H groups in total. The SMILES string of the molecule is Cc1cccc(OCc2cccc(Cl)c2)c1C(=O)O. The number of aryl methyl sites for hydroxylation is 1. The van der Waals surface area contributed by atoms with Crippen molar-refractivity contribution in [3.63, 3.8) is 0 Å². The molecular formula is C15H13ClO3. The Kier molecular flexibility index (Phi) is 4.07. The normalized spacial score (nSPS) is 10.2. The maximum absolute atomic E-state index is 11.2. The maximum atomic E-state index is 11.2. The second-order valence-electron chi connectivity index (χ2n) is 4.17. The van der Waals surface area contributed by atoms with Crippen LogP contribution in [-0.2, 0) is 6.61 Å². The first kappa shape index (κ1) is 13.4. The van der Waals surface area contributed by atoms with Gasteiger partial charge in [0.2, 0.25) is 0 Å². The van der Waals surface area contributed by atoms with Crippen molar-refractivity contribution in [2.24, 2.45) is 0 Å². The molecule has 0 saturated heterocycles. The molecule has 3 nitrogen and oxygen atoms in total. The van der Waals surface area contributed by atoms with Gasteiger partial charge in [-0.05, 0) is 36.2 Å². The van der Waals surface area contributed by atoms with Crippen LogP contribution in [0.5, 0.6) is 5.75 Å². The molecule has 4 heteroatoms. The van der Waals surface area contributed by atoms with Crippen molar-refractivity contribution in [1.29, 1.82) is 0 Å². The minimum Gasteiger partial charge on any atom is -0.488 e. The van der Waals surface area contributed by atoms with Crippen molar-refractivity contribution in [2.75, 3.05) is 0 Å². The second kappa shape index (κ2) is 5.76. The highest BCUT2D eigenvalue weighted by Gasteiger charge is 2.14. The molecule has 0 radical (unpaired) electrons. The Bertz CT molecular complexity index is 608. The molecule has 19 heavy (non-hydrogen) atoms. The van der Waals surface area contributed by atoms with Crippen LogP contribution in [0.2, 0.25) is 5.02 Å². The van der Waals surface area contributed by atoms with Crippen LogP contribution in [0.15, 0.2) is 42.5 Å². The van der Waals surface area contributed by atoms with E-state index < -0.39 is 5.97 Å². The maximum Gasteiger partial charge on any atom is 0.339 e. The van der Waals surface area contributed by atoms with E-state index in [-0.39, 0.29) is 12.2 Å². The van der Waals surface area contributed by atoms with Gasteiger partial charge in [0.25, 0.3) is 0 Å². The molecule has 0 heterocycles. The summed E-state index contributed by atoms with van der Waals surface area (Å²) in [6.45, 7) is 2.03. The second-order valence-corrected chi connectivity index (χ2v) is 4.61. The highest BCUT2D eigenvalue weighted by Crippen LogP contribution is 2.23. The van der Waals surface area contributed by atoms with E-state index in [1.54, 1.807) is 37.3 Å². The number of carboxylic acid groups (broad SMARTS) is 1. The predicted molar refractivity (Wildman–Crippen MR) is 73.9 cm³/mol. The molecule has 0 unspecified atom stereocenters. The average molecular weight is 277 g/mol. The number of ether oxygens (including phenoxy) is 1. The third-order valence-corrected chi connectivity index (χ3v) is 2.97. The molecule has 0 amide bonds. The molecule has 0 aliphatic carbocycles. The third-order valence-electron chi connectivity index (χ3n) is 2.73. The summed E-state index contributed by atoms with van der Waals surface area (Å²) in [4.78, 5) is 11.2. The molecule has 2 rings (SSSR count). The number of benzene rings is 2. The molecule has 0 aliphatic rings. The summed E-state index contributed by atoms with van der Waals surface area (Å²) >= 11 is 5.88. The lowest BCUT2D eigenvalue weighted by Crippen LogP contribution is -2.05. The molecule has 0 atom stereocenters. The Morgan fingerprint density at radius 1 is 1.26 bits per heavy atom. The van der Waals surface area contributed by atoms with Gasteiger partial charge in [0.05, 0.1) is 0 Å². The Morgan fingerprint density at radius 2 is 2.00 bits per heavy atom. The van der Waals surface area contributed by atoms with E-state index in [1.807, 2.05) is 12.1 Å². The number of halogens is 1. The van der Waals surface area contributed by atoms with Gasteiger partial charge in [0.15, 0.2) is 0 Å². The first-order valence-corrected chi connectivity index (χ1v) is 6.16. The fourth-order valence-electron chi connectivity index (χ4n) is 1.82. The number of hydrogen-bond donors (Lipinski definition) is 1. The first-order valence-electron chi connectivity index (χ1n) is 5.78. The summed E-state index contributed by atoms with van der Waals surface area (Å²) in [5, 5.41) is 9.82. The lowest BCUT2D eigenvalue weighted by Gasteiger charge is -2.11. The molecule has 0 saturated carbocycles. The van der Waals surface area contributed by atoms with Gasteiger partial charge in [0, 0.05) is 5.02 Å². The first-order chi connectivity index (χ1) is 9.08. The Hall–Kier alpha value is -2.00.